The summed E-state index contributed by atoms with van der Waals surface area (Å²) < 4.78 is 0. The molecule has 0 radical (unpaired) electrons. The smallest absolute Gasteiger partial charge is 0.0346 e. The summed E-state index contributed by atoms with van der Waals surface area (Å²) in [5, 5.41) is 0. The van der Waals surface area contributed by atoms with E-state index in [1.807, 2.05) is 18.5 Å². The van der Waals surface area contributed by atoms with Gasteiger partial charge in [0.2, 0.25) is 0 Å². The van der Waals surface area contributed by atoms with E-state index < -0.39 is 0 Å². The maximum Gasteiger partial charge on any atom is 0.0346 e. The van der Waals surface area contributed by atoms with Crippen molar-refractivity contribution in [3.8, 4) is 22.3 Å². The molecule has 0 saturated heterocycles. The molecular weight excluding hydrogens is 254 g/mol. The monoisotopic (exact) mass is 273 g/mol. The molecule has 0 amide bonds. The molecule has 0 N–H and O–H groups in total. The minimum absolute atomic E-state index is 1.18. The van der Waals surface area contributed by atoms with Crippen LogP contribution in [0, 0.1) is 20.8 Å². The van der Waals surface area contributed by atoms with E-state index in [9.17, 15) is 0 Å². The molecule has 0 aliphatic carbocycles. The van der Waals surface area contributed by atoms with Crippen molar-refractivity contribution >= 4 is 0 Å². The van der Waals surface area contributed by atoms with Crippen LogP contribution in [0.3, 0.4) is 0 Å². The number of hydrogen-bond donors (Lipinski definition) is 0. The number of pyridine rings is 1. The predicted molar refractivity (Wildman–Crippen MR) is 89.3 cm³/mol. The van der Waals surface area contributed by atoms with Crippen LogP contribution in [0.15, 0.2) is 60.9 Å². The molecule has 104 valence electrons. The molecule has 0 bridgehead atoms. The summed E-state index contributed by atoms with van der Waals surface area (Å²) in [5.41, 5.74) is 9.04. The van der Waals surface area contributed by atoms with Crippen molar-refractivity contribution in [1.29, 1.82) is 0 Å². The number of aryl methyl sites for hydroxylation is 2. The third-order valence-electron chi connectivity index (χ3n) is 3.98. The number of rotatable bonds is 2. The van der Waals surface area contributed by atoms with Crippen molar-refractivity contribution in [2.24, 2.45) is 0 Å². The normalized spacial score (nSPS) is 10.6. The van der Waals surface area contributed by atoms with Crippen LogP contribution in [-0.2, 0) is 0 Å². The minimum Gasteiger partial charge on any atom is -0.264 e. The first-order valence-electron chi connectivity index (χ1n) is 7.25. The van der Waals surface area contributed by atoms with Gasteiger partial charge in [-0.3, -0.25) is 4.98 Å². The van der Waals surface area contributed by atoms with E-state index in [-0.39, 0.29) is 0 Å². The van der Waals surface area contributed by atoms with Gasteiger partial charge >= 0.3 is 0 Å². The lowest BCUT2D eigenvalue weighted by Crippen LogP contribution is -1.96. The Balaban J connectivity index is 2.29. The van der Waals surface area contributed by atoms with E-state index in [0.717, 1.165) is 0 Å². The molecule has 3 rings (SSSR count). The van der Waals surface area contributed by atoms with E-state index in [0.29, 0.717) is 0 Å². The molecule has 0 saturated carbocycles. The van der Waals surface area contributed by atoms with Crippen molar-refractivity contribution in [2.75, 3.05) is 0 Å². The third kappa shape index (κ3) is 2.47. The molecule has 1 heteroatoms. The zero-order chi connectivity index (χ0) is 14.8. The first-order chi connectivity index (χ1) is 10.2. The van der Waals surface area contributed by atoms with E-state index in [4.69, 9.17) is 0 Å². The second-order valence-electron chi connectivity index (χ2n) is 5.49. The predicted octanol–water partition coefficient (Wildman–Crippen LogP) is 5.34. The standard InChI is InChI=1S/C20H19N/c1-14-12-15(2)20(18-10-7-11-21-13-18)16(3)19(14)17-8-5-4-6-9-17/h4-13H,1-3H3. The van der Waals surface area contributed by atoms with Gasteiger partial charge in [0, 0.05) is 18.0 Å². The van der Waals surface area contributed by atoms with Gasteiger partial charge in [-0.1, -0.05) is 42.5 Å². The van der Waals surface area contributed by atoms with Gasteiger partial charge in [0.05, 0.1) is 0 Å². The van der Waals surface area contributed by atoms with Crippen LogP contribution in [-0.4, -0.2) is 4.98 Å². The van der Waals surface area contributed by atoms with Crippen LogP contribution >= 0.6 is 0 Å². The topological polar surface area (TPSA) is 12.9 Å². The third-order valence-corrected chi connectivity index (χ3v) is 3.98. The molecule has 0 unspecified atom stereocenters. The number of hydrogen-bond acceptors (Lipinski definition) is 1. The van der Waals surface area contributed by atoms with Gasteiger partial charge in [0.1, 0.15) is 0 Å². The zero-order valence-electron chi connectivity index (χ0n) is 12.7. The Hall–Kier alpha value is -2.41. The lowest BCUT2D eigenvalue weighted by molar-refractivity contribution is 1.28. The zero-order valence-corrected chi connectivity index (χ0v) is 12.7. The summed E-state index contributed by atoms with van der Waals surface area (Å²) in [6.07, 6.45) is 3.76. The Bertz CT molecular complexity index is 695. The van der Waals surface area contributed by atoms with E-state index in [2.05, 4.69) is 68.2 Å². The van der Waals surface area contributed by atoms with Crippen LogP contribution in [0.2, 0.25) is 0 Å². The highest BCUT2D eigenvalue weighted by Crippen LogP contribution is 2.36. The van der Waals surface area contributed by atoms with Crippen LogP contribution < -0.4 is 0 Å². The Morgan fingerprint density at radius 3 is 1.95 bits per heavy atom. The summed E-state index contributed by atoms with van der Waals surface area (Å²) in [7, 11) is 0. The largest absolute Gasteiger partial charge is 0.264 e. The second-order valence-corrected chi connectivity index (χ2v) is 5.49. The van der Waals surface area contributed by atoms with Crippen molar-refractivity contribution in [3.05, 3.63) is 77.6 Å². The fourth-order valence-corrected chi connectivity index (χ4v) is 3.19. The van der Waals surface area contributed by atoms with Crippen LogP contribution in [0.25, 0.3) is 22.3 Å². The average molecular weight is 273 g/mol. The summed E-state index contributed by atoms with van der Waals surface area (Å²) in [6, 6.07) is 17.0. The van der Waals surface area contributed by atoms with Gasteiger partial charge in [0.25, 0.3) is 0 Å². The van der Waals surface area contributed by atoms with Gasteiger partial charge in [-0.05, 0) is 60.2 Å². The molecule has 3 aromatic rings. The molecule has 0 atom stereocenters. The second kappa shape index (κ2) is 5.53. The number of aromatic nitrogens is 1. The average Bonchev–Trinajstić information content (AvgIpc) is 2.49. The Labute approximate surface area is 126 Å². The van der Waals surface area contributed by atoms with Crippen molar-refractivity contribution < 1.29 is 0 Å². The van der Waals surface area contributed by atoms with Gasteiger partial charge < -0.3 is 0 Å². The van der Waals surface area contributed by atoms with E-state index >= 15 is 0 Å². The first kappa shape index (κ1) is 13.6. The first-order valence-corrected chi connectivity index (χ1v) is 7.25. The summed E-state index contributed by atoms with van der Waals surface area (Å²) in [6.45, 7) is 6.58. The number of nitrogens with zero attached hydrogens (tertiary/aromatic N) is 1. The quantitative estimate of drug-likeness (QED) is 0.614. The van der Waals surface area contributed by atoms with Crippen molar-refractivity contribution in [1.82, 2.24) is 4.98 Å². The van der Waals surface area contributed by atoms with Gasteiger partial charge in [-0.25, -0.2) is 0 Å². The Morgan fingerprint density at radius 1 is 0.714 bits per heavy atom. The van der Waals surface area contributed by atoms with Crippen molar-refractivity contribution in [2.45, 2.75) is 20.8 Å². The molecule has 1 aromatic heterocycles. The highest BCUT2D eigenvalue weighted by Gasteiger charge is 2.13. The Morgan fingerprint density at radius 2 is 1.33 bits per heavy atom. The Kier molecular flexibility index (Phi) is 3.57. The molecule has 1 nitrogen and oxygen atoms in total. The summed E-state index contributed by atoms with van der Waals surface area (Å²) in [5.74, 6) is 0. The molecule has 2 aromatic carbocycles. The van der Waals surface area contributed by atoms with Gasteiger partial charge in [-0.2, -0.15) is 0 Å². The molecule has 1 heterocycles. The van der Waals surface area contributed by atoms with Crippen LogP contribution in [0.1, 0.15) is 16.7 Å². The van der Waals surface area contributed by atoms with Crippen LogP contribution in [0.4, 0.5) is 0 Å². The lowest BCUT2D eigenvalue weighted by Gasteiger charge is -2.18. The SMILES string of the molecule is Cc1cc(C)c(-c2cccnc2)c(C)c1-c1ccccc1. The van der Waals surface area contributed by atoms with Gasteiger partial charge in [0.15, 0.2) is 0 Å². The van der Waals surface area contributed by atoms with Gasteiger partial charge in [-0.15, -0.1) is 0 Å². The molecule has 0 aliphatic rings. The molecule has 21 heavy (non-hydrogen) atoms. The summed E-state index contributed by atoms with van der Waals surface area (Å²) >= 11 is 0. The fourth-order valence-electron chi connectivity index (χ4n) is 3.19. The molecule has 0 spiro atoms. The molecule has 0 fully saturated rings. The maximum absolute atomic E-state index is 4.27. The molecule has 0 aliphatic heterocycles. The number of benzene rings is 2. The van der Waals surface area contributed by atoms with E-state index in [1.165, 1.54) is 38.9 Å². The maximum atomic E-state index is 4.27. The minimum atomic E-state index is 1.18. The highest BCUT2D eigenvalue weighted by molar-refractivity contribution is 5.82. The van der Waals surface area contributed by atoms with Crippen molar-refractivity contribution in [3.63, 3.8) is 0 Å². The fraction of sp³-hybridized carbons (Fsp3) is 0.150. The summed E-state index contributed by atoms with van der Waals surface area (Å²) in [4.78, 5) is 4.27. The van der Waals surface area contributed by atoms with Crippen LogP contribution in [0.5, 0.6) is 0 Å². The molecular formula is C20H19N. The lowest BCUT2D eigenvalue weighted by atomic mass is 9.87. The highest BCUT2D eigenvalue weighted by atomic mass is 14.6. The van der Waals surface area contributed by atoms with E-state index in [1.54, 1.807) is 0 Å².